The Balaban J connectivity index is 1.74. The van der Waals surface area contributed by atoms with Gasteiger partial charge < -0.3 is 0 Å². The van der Waals surface area contributed by atoms with E-state index in [9.17, 15) is 9.59 Å². The van der Waals surface area contributed by atoms with Crippen LogP contribution in [0.3, 0.4) is 0 Å². The van der Waals surface area contributed by atoms with Crippen molar-refractivity contribution in [2.45, 2.75) is 6.92 Å². The van der Waals surface area contributed by atoms with Crippen LogP contribution in [0, 0.1) is 6.92 Å². The number of nitrogens with one attached hydrogen (secondary N) is 1. The molecule has 0 aliphatic carbocycles. The number of aromatic nitrogens is 3. The van der Waals surface area contributed by atoms with E-state index in [1.54, 1.807) is 24.4 Å². The third kappa shape index (κ3) is 2.35. The van der Waals surface area contributed by atoms with E-state index in [-0.39, 0.29) is 11.3 Å². The molecule has 0 bridgehead atoms. The first kappa shape index (κ1) is 14.5. The topological polar surface area (TPSA) is 76.9 Å². The summed E-state index contributed by atoms with van der Waals surface area (Å²) >= 11 is 1.39. The minimum Gasteiger partial charge on any atom is -0.267 e. The Labute approximate surface area is 140 Å². The van der Waals surface area contributed by atoms with Crippen LogP contribution in [0.1, 0.15) is 16.3 Å². The van der Waals surface area contributed by atoms with Gasteiger partial charge in [0.15, 0.2) is 0 Å². The van der Waals surface area contributed by atoms with Gasteiger partial charge in [0.1, 0.15) is 16.3 Å². The van der Waals surface area contributed by atoms with Gasteiger partial charge in [-0.15, -0.1) is 11.3 Å². The van der Waals surface area contributed by atoms with Gasteiger partial charge in [-0.1, -0.05) is 24.3 Å². The van der Waals surface area contributed by atoms with Crippen molar-refractivity contribution in [3.05, 3.63) is 69.7 Å². The molecule has 24 heavy (non-hydrogen) atoms. The van der Waals surface area contributed by atoms with Crippen LogP contribution in [0.5, 0.6) is 0 Å². The molecule has 1 aromatic carbocycles. The first-order valence-corrected chi connectivity index (χ1v) is 8.15. The van der Waals surface area contributed by atoms with Gasteiger partial charge in [-0.05, 0) is 30.5 Å². The van der Waals surface area contributed by atoms with E-state index >= 15 is 0 Å². The second-order valence-corrected chi connectivity index (χ2v) is 6.16. The number of rotatable bonds is 2. The Hall–Kier alpha value is -3.06. The molecule has 4 rings (SSSR count). The van der Waals surface area contributed by atoms with Gasteiger partial charge in [0.05, 0.1) is 10.9 Å². The van der Waals surface area contributed by atoms with Crippen molar-refractivity contribution >= 4 is 38.4 Å². The molecule has 0 radical (unpaired) electrons. The Morgan fingerprint density at radius 3 is 2.83 bits per heavy atom. The lowest BCUT2D eigenvalue weighted by Gasteiger charge is -2.10. The number of thiophene rings is 1. The minimum absolute atomic E-state index is 0.241. The number of hydrogen-bond donors (Lipinski definition) is 1. The normalized spacial score (nSPS) is 11.0. The summed E-state index contributed by atoms with van der Waals surface area (Å²) in [7, 11) is 0. The van der Waals surface area contributed by atoms with Crippen LogP contribution >= 0.6 is 11.3 Å². The number of nitrogens with zero attached hydrogens (tertiary/aromatic N) is 3. The van der Waals surface area contributed by atoms with Gasteiger partial charge in [0.25, 0.3) is 11.5 Å². The number of hydrogen-bond acceptors (Lipinski definition) is 5. The number of fused-ring (bicyclic) bond motifs is 2. The number of pyridine rings is 1. The van der Waals surface area contributed by atoms with Crippen LogP contribution in [-0.4, -0.2) is 20.6 Å². The number of benzene rings is 1. The second-order valence-electron chi connectivity index (χ2n) is 5.27. The predicted molar refractivity (Wildman–Crippen MR) is 94.1 cm³/mol. The molecule has 3 aromatic heterocycles. The maximum Gasteiger partial charge on any atom is 0.288 e. The highest BCUT2D eigenvalue weighted by atomic mass is 32.1. The average molecular weight is 336 g/mol. The van der Waals surface area contributed by atoms with Crippen molar-refractivity contribution in [1.82, 2.24) is 14.6 Å². The zero-order chi connectivity index (χ0) is 16.7. The molecule has 3 heterocycles. The van der Waals surface area contributed by atoms with Crippen LogP contribution in [-0.2, 0) is 0 Å². The molecule has 0 saturated carbocycles. The second kappa shape index (κ2) is 5.54. The van der Waals surface area contributed by atoms with Crippen LogP contribution in [0.15, 0.2) is 52.6 Å². The first-order valence-electron chi connectivity index (χ1n) is 7.27. The van der Waals surface area contributed by atoms with E-state index in [0.29, 0.717) is 16.0 Å². The fraction of sp³-hybridized carbons (Fsp3) is 0.0588. The summed E-state index contributed by atoms with van der Waals surface area (Å²) in [6, 6.07) is 12.7. The standard InChI is InChI=1S/C17H12N4O2S/c1-10-18-16-12(8-9-24-16)17(23)21(10)20-15(22)14-7-6-11-4-2-3-5-13(11)19-14/h2-9H,1H3,(H,20,22). The molecule has 0 spiro atoms. The lowest BCUT2D eigenvalue weighted by Crippen LogP contribution is -2.35. The monoisotopic (exact) mass is 336 g/mol. The molecule has 4 aromatic rings. The molecule has 1 amide bonds. The van der Waals surface area contributed by atoms with Gasteiger partial charge in [-0.2, -0.15) is 0 Å². The molecular weight excluding hydrogens is 324 g/mol. The Kier molecular flexibility index (Phi) is 3.35. The molecule has 0 fully saturated rings. The molecule has 0 atom stereocenters. The quantitative estimate of drug-likeness (QED) is 0.610. The van der Waals surface area contributed by atoms with E-state index in [0.717, 1.165) is 15.6 Å². The van der Waals surface area contributed by atoms with Crippen molar-refractivity contribution < 1.29 is 4.79 Å². The zero-order valence-electron chi connectivity index (χ0n) is 12.7. The van der Waals surface area contributed by atoms with Gasteiger partial charge in [-0.3, -0.25) is 15.0 Å². The van der Waals surface area contributed by atoms with Crippen LogP contribution < -0.4 is 11.0 Å². The highest BCUT2D eigenvalue weighted by Gasteiger charge is 2.14. The molecule has 0 saturated heterocycles. The minimum atomic E-state index is -0.456. The molecule has 7 heteroatoms. The van der Waals surface area contributed by atoms with Crippen molar-refractivity contribution in [2.24, 2.45) is 0 Å². The fourth-order valence-corrected chi connectivity index (χ4v) is 3.30. The fourth-order valence-electron chi connectivity index (χ4n) is 2.50. The highest BCUT2D eigenvalue weighted by Crippen LogP contribution is 2.15. The van der Waals surface area contributed by atoms with Gasteiger partial charge >= 0.3 is 0 Å². The molecule has 6 nitrogen and oxygen atoms in total. The molecule has 0 aliphatic heterocycles. The van der Waals surface area contributed by atoms with E-state index in [1.165, 1.54) is 11.3 Å². The van der Waals surface area contributed by atoms with Crippen LogP contribution in [0.2, 0.25) is 0 Å². The molecular formula is C17H12N4O2S. The number of para-hydroxylation sites is 1. The van der Waals surface area contributed by atoms with Crippen molar-refractivity contribution in [1.29, 1.82) is 0 Å². The summed E-state index contributed by atoms with van der Waals surface area (Å²) in [4.78, 5) is 34.3. The van der Waals surface area contributed by atoms with Crippen LogP contribution in [0.4, 0.5) is 0 Å². The maximum atomic E-state index is 12.5. The third-order valence-corrected chi connectivity index (χ3v) is 4.52. The number of carbonyl (C=O) groups excluding carboxylic acids is 1. The first-order chi connectivity index (χ1) is 11.6. The number of aryl methyl sites for hydroxylation is 1. The summed E-state index contributed by atoms with van der Waals surface area (Å²) in [5, 5.41) is 3.23. The van der Waals surface area contributed by atoms with Gasteiger partial charge in [-0.25, -0.2) is 14.6 Å². The van der Waals surface area contributed by atoms with Crippen molar-refractivity contribution in [2.75, 3.05) is 5.43 Å². The SMILES string of the molecule is Cc1nc2sccc2c(=O)n1NC(=O)c1ccc2ccccc2n1. The molecule has 0 unspecified atom stereocenters. The molecule has 1 N–H and O–H groups in total. The summed E-state index contributed by atoms with van der Waals surface area (Å²) in [6.45, 7) is 1.68. The Bertz CT molecular complexity index is 1150. The molecule has 0 aliphatic rings. The van der Waals surface area contributed by atoms with E-state index in [4.69, 9.17) is 0 Å². The van der Waals surface area contributed by atoms with Gasteiger partial charge in [0.2, 0.25) is 0 Å². The zero-order valence-corrected chi connectivity index (χ0v) is 13.5. The lowest BCUT2D eigenvalue weighted by molar-refractivity contribution is 0.100. The smallest absolute Gasteiger partial charge is 0.267 e. The van der Waals surface area contributed by atoms with Crippen molar-refractivity contribution in [3.8, 4) is 0 Å². The largest absolute Gasteiger partial charge is 0.288 e. The number of carbonyl (C=O) groups is 1. The van der Waals surface area contributed by atoms with E-state index in [2.05, 4.69) is 15.4 Å². The van der Waals surface area contributed by atoms with E-state index in [1.807, 2.05) is 30.3 Å². The summed E-state index contributed by atoms with van der Waals surface area (Å²) in [6.07, 6.45) is 0. The predicted octanol–water partition coefficient (Wildman–Crippen LogP) is 2.70. The van der Waals surface area contributed by atoms with Crippen LogP contribution in [0.25, 0.3) is 21.1 Å². The maximum absolute atomic E-state index is 12.5. The van der Waals surface area contributed by atoms with Crippen molar-refractivity contribution in [3.63, 3.8) is 0 Å². The third-order valence-electron chi connectivity index (χ3n) is 3.71. The Morgan fingerprint density at radius 1 is 1.12 bits per heavy atom. The highest BCUT2D eigenvalue weighted by molar-refractivity contribution is 7.16. The molecule has 118 valence electrons. The summed E-state index contributed by atoms with van der Waals surface area (Å²) in [5.74, 6) is -0.0357. The van der Waals surface area contributed by atoms with E-state index < -0.39 is 5.91 Å². The Morgan fingerprint density at radius 2 is 1.96 bits per heavy atom. The van der Waals surface area contributed by atoms with Gasteiger partial charge in [0, 0.05) is 5.39 Å². The average Bonchev–Trinajstić information content (AvgIpc) is 3.06. The number of amides is 1. The summed E-state index contributed by atoms with van der Waals surface area (Å²) in [5.41, 5.74) is 3.25. The summed E-state index contributed by atoms with van der Waals surface area (Å²) < 4.78 is 1.16. The lowest BCUT2D eigenvalue weighted by atomic mass is 10.2.